The van der Waals surface area contributed by atoms with Gasteiger partial charge >= 0.3 is 0 Å². The number of ether oxygens (including phenoxy) is 2. The summed E-state index contributed by atoms with van der Waals surface area (Å²) in [5.74, 6) is 1.52. The van der Waals surface area contributed by atoms with Crippen LogP contribution in [0.1, 0.15) is 35.7 Å². The highest BCUT2D eigenvalue weighted by Gasteiger charge is 2.12. The predicted octanol–water partition coefficient (Wildman–Crippen LogP) is 4.39. The van der Waals surface area contributed by atoms with Gasteiger partial charge in [-0.3, -0.25) is 9.59 Å². The number of amides is 2. The summed E-state index contributed by atoms with van der Waals surface area (Å²) >= 11 is 0. The molecule has 2 amide bonds. The number of furan rings is 1. The van der Waals surface area contributed by atoms with Gasteiger partial charge in [-0.25, -0.2) is 0 Å². The minimum atomic E-state index is -0.319. The first kappa shape index (κ1) is 22.0. The van der Waals surface area contributed by atoms with E-state index in [-0.39, 0.29) is 30.1 Å². The van der Waals surface area contributed by atoms with E-state index in [2.05, 4.69) is 10.6 Å². The third-order valence-corrected chi connectivity index (χ3v) is 4.52. The first-order valence-electron chi connectivity index (χ1n) is 9.99. The Hall–Kier alpha value is -3.74. The van der Waals surface area contributed by atoms with Gasteiger partial charge < -0.3 is 24.5 Å². The maximum absolute atomic E-state index is 12.4. The van der Waals surface area contributed by atoms with Crippen molar-refractivity contribution in [2.24, 2.45) is 5.92 Å². The largest absolute Gasteiger partial charge is 0.493 e. The molecule has 0 spiro atoms. The van der Waals surface area contributed by atoms with E-state index in [0.717, 1.165) is 11.3 Å². The van der Waals surface area contributed by atoms with Crippen molar-refractivity contribution in [1.82, 2.24) is 5.32 Å². The second kappa shape index (κ2) is 10.3. The van der Waals surface area contributed by atoms with Gasteiger partial charge in [0.2, 0.25) is 5.91 Å². The zero-order valence-electron chi connectivity index (χ0n) is 17.8. The molecular weight excluding hydrogens is 396 g/mol. The number of rotatable bonds is 9. The molecule has 0 unspecified atom stereocenters. The molecule has 0 aliphatic rings. The van der Waals surface area contributed by atoms with E-state index in [1.165, 1.54) is 0 Å². The highest BCUT2D eigenvalue weighted by atomic mass is 16.5. The van der Waals surface area contributed by atoms with Crippen LogP contribution < -0.4 is 20.1 Å². The maximum Gasteiger partial charge on any atom is 0.287 e. The number of hydrogen-bond acceptors (Lipinski definition) is 5. The molecule has 2 aromatic carbocycles. The third-order valence-electron chi connectivity index (χ3n) is 4.52. The molecule has 7 heteroatoms. The summed E-state index contributed by atoms with van der Waals surface area (Å²) in [7, 11) is 1.58. The van der Waals surface area contributed by atoms with E-state index in [4.69, 9.17) is 13.9 Å². The van der Waals surface area contributed by atoms with Crippen molar-refractivity contribution in [2.75, 3.05) is 12.4 Å². The van der Waals surface area contributed by atoms with E-state index in [1.54, 1.807) is 31.4 Å². The van der Waals surface area contributed by atoms with Gasteiger partial charge in [0.15, 0.2) is 17.3 Å². The molecule has 1 heterocycles. The van der Waals surface area contributed by atoms with Crippen LogP contribution >= 0.6 is 0 Å². The Kier molecular flexibility index (Phi) is 7.32. The molecule has 0 aliphatic carbocycles. The van der Waals surface area contributed by atoms with Crippen LogP contribution in [0, 0.1) is 5.92 Å². The summed E-state index contributed by atoms with van der Waals surface area (Å²) in [5, 5.41) is 5.65. The lowest BCUT2D eigenvalue weighted by molar-refractivity contribution is -0.118. The lowest BCUT2D eigenvalue weighted by atomic mass is 10.1. The van der Waals surface area contributed by atoms with Crippen LogP contribution in [0.2, 0.25) is 0 Å². The van der Waals surface area contributed by atoms with Gasteiger partial charge in [-0.05, 0) is 42.0 Å². The van der Waals surface area contributed by atoms with Crippen molar-refractivity contribution in [2.45, 2.75) is 27.0 Å². The second-order valence-corrected chi connectivity index (χ2v) is 7.23. The molecule has 0 aliphatic heterocycles. The quantitative estimate of drug-likeness (QED) is 0.534. The molecule has 7 nitrogen and oxygen atoms in total. The molecular formula is C24H26N2O5. The Morgan fingerprint density at radius 2 is 1.68 bits per heavy atom. The SMILES string of the molecule is COc1ccccc1OCc1ccc(C(=O)NCc2ccc(NC(=O)C(C)C)cc2)o1. The average molecular weight is 422 g/mol. The minimum Gasteiger partial charge on any atom is -0.493 e. The molecule has 3 rings (SSSR count). The Morgan fingerprint density at radius 1 is 0.968 bits per heavy atom. The van der Waals surface area contributed by atoms with E-state index < -0.39 is 0 Å². The van der Waals surface area contributed by atoms with Crippen molar-refractivity contribution < 1.29 is 23.5 Å². The number of hydrogen-bond donors (Lipinski definition) is 2. The van der Waals surface area contributed by atoms with E-state index in [1.807, 2.05) is 50.2 Å². The van der Waals surface area contributed by atoms with Crippen molar-refractivity contribution in [3.05, 3.63) is 77.7 Å². The second-order valence-electron chi connectivity index (χ2n) is 7.23. The van der Waals surface area contributed by atoms with Gasteiger partial charge in [0.1, 0.15) is 12.4 Å². The number of nitrogens with one attached hydrogen (secondary N) is 2. The normalized spacial score (nSPS) is 10.6. The van der Waals surface area contributed by atoms with E-state index >= 15 is 0 Å². The fraction of sp³-hybridized carbons (Fsp3) is 0.250. The lowest BCUT2D eigenvalue weighted by Crippen LogP contribution is -2.22. The maximum atomic E-state index is 12.4. The molecule has 0 bridgehead atoms. The molecule has 3 aromatic rings. The van der Waals surface area contributed by atoms with Crippen molar-refractivity contribution in [1.29, 1.82) is 0 Å². The zero-order chi connectivity index (χ0) is 22.2. The van der Waals surface area contributed by atoms with Gasteiger partial charge in [-0.2, -0.15) is 0 Å². The Morgan fingerprint density at radius 3 is 2.35 bits per heavy atom. The summed E-state index contributed by atoms with van der Waals surface area (Å²) in [6.45, 7) is 4.19. The molecule has 0 fully saturated rings. The van der Waals surface area contributed by atoms with Crippen LogP contribution in [0.4, 0.5) is 5.69 Å². The number of benzene rings is 2. The van der Waals surface area contributed by atoms with Crippen LogP contribution in [0.3, 0.4) is 0 Å². The van der Waals surface area contributed by atoms with Crippen LogP contribution in [0.25, 0.3) is 0 Å². The fourth-order valence-electron chi connectivity index (χ4n) is 2.73. The topological polar surface area (TPSA) is 89.8 Å². The Labute approximate surface area is 181 Å². The van der Waals surface area contributed by atoms with Crippen molar-refractivity contribution in [3.8, 4) is 11.5 Å². The van der Waals surface area contributed by atoms with Crippen LogP contribution in [0.15, 0.2) is 65.1 Å². The third kappa shape index (κ3) is 6.12. The molecule has 0 radical (unpaired) electrons. The van der Waals surface area contributed by atoms with Crippen LogP contribution in [0.5, 0.6) is 11.5 Å². The number of para-hydroxylation sites is 2. The molecule has 31 heavy (non-hydrogen) atoms. The average Bonchev–Trinajstić information content (AvgIpc) is 3.26. The monoisotopic (exact) mass is 422 g/mol. The Balaban J connectivity index is 1.50. The number of carbonyl (C=O) groups is 2. The van der Waals surface area contributed by atoms with E-state index in [9.17, 15) is 9.59 Å². The van der Waals surface area contributed by atoms with E-state index in [0.29, 0.717) is 23.8 Å². The zero-order valence-corrected chi connectivity index (χ0v) is 17.8. The lowest BCUT2D eigenvalue weighted by Gasteiger charge is -2.09. The minimum absolute atomic E-state index is 0.0376. The predicted molar refractivity (Wildman–Crippen MR) is 117 cm³/mol. The Bertz CT molecular complexity index is 1020. The van der Waals surface area contributed by atoms with Gasteiger partial charge in [-0.1, -0.05) is 38.1 Å². The molecule has 162 valence electrons. The fourth-order valence-corrected chi connectivity index (χ4v) is 2.73. The van der Waals surface area contributed by atoms with Gasteiger partial charge in [0, 0.05) is 18.2 Å². The number of carbonyl (C=O) groups excluding carboxylic acids is 2. The van der Waals surface area contributed by atoms with Crippen LogP contribution in [-0.2, 0) is 17.9 Å². The van der Waals surface area contributed by atoms with Gasteiger partial charge in [0.25, 0.3) is 5.91 Å². The summed E-state index contributed by atoms with van der Waals surface area (Å²) in [6.07, 6.45) is 0. The van der Waals surface area contributed by atoms with Crippen molar-refractivity contribution in [3.63, 3.8) is 0 Å². The first-order valence-corrected chi connectivity index (χ1v) is 9.99. The summed E-state index contributed by atoms with van der Waals surface area (Å²) in [5.41, 5.74) is 1.63. The molecule has 1 aromatic heterocycles. The summed E-state index contributed by atoms with van der Waals surface area (Å²) in [6, 6.07) is 18.0. The number of anilines is 1. The van der Waals surface area contributed by atoms with Crippen molar-refractivity contribution >= 4 is 17.5 Å². The number of methoxy groups -OCH3 is 1. The first-order chi connectivity index (χ1) is 15.0. The standard InChI is InChI=1S/C24H26N2O5/c1-16(2)23(27)26-18-10-8-17(9-11-18)14-25-24(28)22-13-12-19(31-22)15-30-21-7-5-4-6-20(21)29-3/h4-13,16H,14-15H2,1-3H3,(H,25,28)(H,26,27). The smallest absolute Gasteiger partial charge is 0.287 e. The molecule has 0 saturated carbocycles. The highest BCUT2D eigenvalue weighted by Crippen LogP contribution is 2.26. The summed E-state index contributed by atoms with van der Waals surface area (Å²) < 4.78 is 16.5. The van der Waals surface area contributed by atoms with Gasteiger partial charge in [-0.15, -0.1) is 0 Å². The molecule has 2 N–H and O–H groups in total. The van der Waals surface area contributed by atoms with Gasteiger partial charge in [0.05, 0.1) is 7.11 Å². The highest BCUT2D eigenvalue weighted by molar-refractivity contribution is 5.92. The van der Waals surface area contributed by atoms with Crippen LogP contribution in [-0.4, -0.2) is 18.9 Å². The summed E-state index contributed by atoms with van der Waals surface area (Å²) in [4.78, 5) is 24.1. The molecule has 0 saturated heterocycles. The molecule has 0 atom stereocenters.